The van der Waals surface area contributed by atoms with Crippen molar-refractivity contribution in [1.29, 1.82) is 0 Å². The molecule has 1 unspecified atom stereocenters. The van der Waals surface area contributed by atoms with E-state index in [1.165, 1.54) is 6.07 Å². The summed E-state index contributed by atoms with van der Waals surface area (Å²) in [6.07, 6.45) is 3.64. The van der Waals surface area contributed by atoms with E-state index in [-0.39, 0.29) is 11.9 Å². The van der Waals surface area contributed by atoms with Crippen LogP contribution in [0.15, 0.2) is 48.8 Å². The molecule has 0 spiro atoms. The molecule has 3 nitrogen and oxygen atoms in total. The van der Waals surface area contributed by atoms with Gasteiger partial charge in [-0.05, 0) is 29.3 Å². The molecule has 0 radical (unpaired) electrons. The van der Waals surface area contributed by atoms with E-state index < -0.39 is 0 Å². The number of halogens is 1. The van der Waals surface area contributed by atoms with Crippen molar-refractivity contribution >= 4 is 0 Å². The number of rotatable bonds is 3. The molecule has 1 aliphatic heterocycles. The van der Waals surface area contributed by atoms with Crippen molar-refractivity contribution in [2.24, 2.45) is 0 Å². The summed E-state index contributed by atoms with van der Waals surface area (Å²) in [7, 11) is 0. The van der Waals surface area contributed by atoms with Gasteiger partial charge in [0.05, 0.1) is 6.04 Å². The van der Waals surface area contributed by atoms with Crippen molar-refractivity contribution < 1.29 is 4.39 Å². The molecule has 20 heavy (non-hydrogen) atoms. The van der Waals surface area contributed by atoms with E-state index in [0.29, 0.717) is 0 Å². The second-order valence-corrected chi connectivity index (χ2v) is 5.03. The molecule has 1 aliphatic rings. The van der Waals surface area contributed by atoms with E-state index in [1.807, 2.05) is 18.3 Å². The summed E-state index contributed by atoms with van der Waals surface area (Å²) in [5.74, 6) is -0.188. The van der Waals surface area contributed by atoms with Crippen molar-refractivity contribution in [3.05, 3.63) is 65.7 Å². The largest absolute Gasteiger partial charge is 0.314 e. The van der Waals surface area contributed by atoms with Gasteiger partial charge >= 0.3 is 0 Å². The Morgan fingerprint density at radius 3 is 2.60 bits per heavy atom. The number of hydrogen-bond acceptors (Lipinski definition) is 3. The van der Waals surface area contributed by atoms with Crippen LogP contribution in [0.4, 0.5) is 4.39 Å². The van der Waals surface area contributed by atoms with Gasteiger partial charge in [0, 0.05) is 38.6 Å². The summed E-state index contributed by atoms with van der Waals surface area (Å²) >= 11 is 0. The second kappa shape index (κ2) is 6.11. The highest BCUT2D eigenvalue weighted by molar-refractivity contribution is 5.30. The second-order valence-electron chi connectivity index (χ2n) is 5.03. The first-order valence-corrected chi connectivity index (χ1v) is 6.95. The van der Waals surface area contributed by atoms with Crippen LogP contribution >= 0.6 is 0 Å². The van der Waals surface area contributed by atoms with Gasteiger partial charge < -0.3 is 5.32 Å². The Bertz CT molecular complexity index is 553. The van der Waals surface area contributed by atoms with Gasteiger partial charge in [-0.1, -0.05) is 18.2 Å². The minimum atomic E-state index is -0.188. The number of nitrogens with one attached hydrogen (secondary N) is 1. The summed E-state index contributed by atoms with van der Waals surface area (Å²) in [4.78, 5) is 6.59. The molecular formula is C16H18FN3. The van der Waals surface area contributed by atoms with E-state index in [1.54, 1.807) is 18.3 Å². The molecular weight excluding hydrogens is 253 g/mol. The summed E-state index contributed by atoms with van der Waals surface area (Å²) in [6, 6.07) is 10.9. The van der Waals surface area contributed by atoms with Crippen LogP contribution < -0.4 is 5.32 Å². The fourth-order valence-corrected chi connectivity index (χ4v) is 2.77. The zero-order valence-corrected chi connectivity index (χ0v) is 11.3. The molecule has 1 N–H and O–H groups in total. The van der Waals surface area contributed by atoms with Crippen molar-refractivity contribution in [3.63, 3.8) is 0 Å². The summed E-state index contributed by atoms with van der Waals surface area (Å²) < 4.78 is 13.6. The molecule has 1 fully saturated rings. The van der Waals surface area contributed by atoms with Crippen LogP contribution in [0.2, 0.25) is 0 Å². The van der Waals surface area contributed by atoms with Gasteiger partial charge in [-0.15, -0.1) is 0 Å². The van der Waals surface area contributed by atoms with Gasteiger partial charge in [0.2, 0.25) is 0 Å². The highest BCUT2D eigenvalue weighted by Gasteiger charge is 2.24. The third-order valence-electron chi connectivity index (χ3n) is 3.68. The smallest absolute Gasteiger partial charge is 0.123 e. The molecule has 1 saturated heterocycles. The van der Waals surface area contributed by atoms with E-state index in [2.05, 4.69) is 21.3 Å². The van der Waals surface area contributed by atoms with Crippen LogP contribution in [0.3, 0.4) is 0 Å². The van der Waals surface area contributed by atoms with Gasteiger partial charge in [-0.3, -0.25) is 9.88 Å². The lowest BCUT2D eigenvalue weighted by molar-refractivity contribution is 0.198. The van der Waals surface area contributed by atoms with Crippen LogP contribution in [-0.2, 0) is 0 Å². The van der Waals surface area contributed by atoms with Gasteiger partial charge in [0.15, 0.2) is 0 Å². The molecule has 1 atom stereocenters. The molecule has 3 rings (SSSR count). The first-order chi connectivity index (χ1) is 9.84. The van der Waals surface area contributed by atoms with Gasteiger partial charge in [-0.2, -0.15) is 0 Å². The maximum absolute atomic E-state index is 13.6. The quantitative estimate of drug-likeness (QED) is 0.927. The number of hydrogen-bond donors (Lipinski definition) is 1. The van der Waals surface area contributed by atoms with Crippen LogP contribution in [0.25, 0.3) is 0 Å². The number of pyridine rings is 1. The zero-order chi connectivity index (χ0) is 13.8. The van der Waals surface area contributed by atoms with Crippen LogP contribution in [0.5, 0.6) is 0 Å². The van der Waals surface area contributed by atoms with Crippen molar-refractivity contribution in [2.45, 2.75) is 6.04 Å². The average molecular weight is 271 g/mol. The SMILES string of the molecule is Fc1cccc(C(c2cccnc2)N2CCNCC2)c1. The molecule has 1 aromatic heterocycles. The van der Waals surface area contributed by atoms with E-state index >= 15 is 0 Å². The average Bonchev–Trinajstić information content (AvgIpc) is 2.50. The lowest BCUT2D eigenvalue weighted by atomic mass is 9.97. The molecule has 0 bridgehead atoms. The minimum Gasteiger partial charge on any atom is -0.314 e. The molecule has 2 aromatic rings. The predicted molar refractivity (Wildman–Crippen MR) is 76.9 cm³/mol. The van der Waals surface area contributed by atoms with Gasteiger partial charge in [-0.25, -0.2) is 4.39 Å². The van der Waals surface area contributed by atoms with E-state index in [0.717, 1.165) is 37.3 Å². The lowest BCUT2D eigenvalue weighted by Crippen LogP contribution is -2.45. The van der Waals surface area contributed by atoms with Gasteiger partial charge in [0.25, 0.3) is 0 Å². The maximum atomic E-state index is 13.6. The number of nitrogens with zero attached hydrogens (tertiary/aromatic N) is 2. The zero-order valence-electron chi connectivity index (χ0n) is 11.3. The molecule has 0 aliphatic carbocycles. The lowest BCUT2D eigenvalue weighted by Gasteiger charge is -2.35. The topological polar surface area (TPSA) is 28.2 Å². The first-order valence-electron chi connectivity index (χ1n) is 6.95. The molecule has 1 aromatic carbocycles. The number of benzene rings is 1. The Kier molecular flexibility index (Phi) is 4.04. The summed E-state index contributed by atoms with van der Waals surface area (Å²) in [5, 5.41) is 3.35. The summed E-state index contributed by atoms with van der Waals surface area (Å²) in [6.45, 7) is 3.84. The van der Waals surface area contributed by atoms with Crippen LogP contribution in [-0.4, -0.2) is 36.1 Å². The third-order valence-corrected chi connectivity index (χ3v) is 3.68. The van der Waals surface area contributed by atoms with E-state index in [4.69, 9.17) is 0 Å². The third kappa shape index (κ3) is 2.86. The van der Waals surface area contributed by atoms with Gasteiger partial charge in [0.1, 0.15) is 5.82 Å². The maximum Gasteiger partial charge on any atom is 0.123 e. The first kappa shape index (κ1) is 13.2. The fourth-order valence-electron chi connectivity index (χ4n) is 2.77. The molecule has 0 amide bonds. The Morgan fingerprint density at radius 2 is 1.90 bits per heavy atom. The molecule has 0 saturated carbocycles. The van der Waals surface area contributed by atoms with Crippen molar-refractivity contribution in [1.82, 2.24) is 15.2 Å². The Balaban J connectivity index is 1.98. The molecule has 4 heteroatoms. The van der Waals surface area contributed by atoms with Crippen molar-refractivity contribution in [3.8, 4) is 0 Å². The van der Waals surface area contributed by atoms with Crippen LogP contribution in [0.1, 0.15) is 17.2 Å². The minimum absolute atomic E-state index is 0.0708. The monoisotopic (exact) mass is 271 g/mol. The van der Waals surface area contributed by atoms with Crippen LogP contribution in [0, 0.1) is 5.82 Å². The summed E-state index contributed by atoms with van der Waals surface area (Å²) in [5.41, 5.74) is 2.10. The Morgan fingerprint density at radius 1 is 1.10 bits per heavy atom. The normalized spacial score (nSPS) is 17.9. The predicted octanol–water partition coefficient (Wildman–Crippen LogP) is 2.22. The Hall–Kier alpha value is -1.78. The number of piperazine rings is 1. The highest BCUT2D eigenvalue weighted by Crippen LogP contribution is 2.28. The van der Waals surface area contributed by atoms with E-state index in [9.17, 15) is 4.39 Å². The molecule has 104 valence electrons. The number of aromatic nitrogens is 1. The van der Waals surface area contributed by atoms with Crippen molar-refractivity contribution in [2.75, 3.05) is 26.2 Å². The molecule has 2 heterocycles. The standard InChI is InChI=1S/C16H18FN3/c17-15-5-1-3-13(11-15)16(14-4-2-6-19-12-14)20-9-7-18-8-10-20/h1-6,11-12,16,18H,7-10H2. The Labute approximate surface area is 118 Å². The fraction of sp³-hybridized carbons (Fsp3) is 0.312. The highest BCUT2D eigenvalue weighted by atomic mass is 19.1.